The fraction of sp³-hybridized carbons (Fsp3) is 0.773. The molecule has 1 aromatic heterocycles. The Bertz CT molecular complexity index is 659. The van der Waals surface area contributed by atoms with Crippen LogP contribution in [0.4, 0.5) is 5.82 Å². The molecule has 0 atom stereocenters. The Labute approximate surface area is 163 Å². The Morgan fingerprint density at radius 2 is 1.78 bits per heavy atom. The number of hydrogen-bond donors (Lipinski definition) is 2. The molecule has 0 saturated heterocycles. The van der Waals surface area contributed by atoms with Crippen LogP contribution in [0.2, 0.25) is 0 Å². The van der Waals surface area contributed by atoms with Gasteiger partial charge < -0.3 is 10.6 Å². The van der Waals surface area contributed by atoms with Crippen LogP contribution in [0.1, 0.15) is 87.7 Å². The van der Waals surface area contributed by atoms with Gasteiger partial charge in [-0.2, -0.15) is 0 Å². The van der Waals surface area contributed by atoms with E-state index in [4.69, 9.17) is 0 Å². The predicted octanol–water partition coefficient (Wildman–Crippen LogP) is 4.37. The van der Waals surface area contributed by atoms with Gasteiger partial charge in [0.15, 0.2) is 5.69 Å². The summed E-state index contributed by atoms with van der Waals surface area (Å²) in [4.78, 5) is 13.1. The maximum Gasteiger partial charge on any atom is 0.272 e. The number of amides is 1. The van der Waals surface area contributed by atoms with Crippen LogP contribution in [0.3, 0.4) is 0 Å². The summed E-state index contributed by atoms with van der Waals surface area (Å²) in [5.74, 6) is 4.18. The third-order valence-electron chi connectivity index (χ3n) is 7.02. The van der Waals surface area contributed by atoms with Crippen LogP contribution in [0.25, 0.3) is 0 Å². The zero-order valence-corrected chi connectivity index (χ0v) is 17.0. The average molecular weight is 371 g/mol. The van der Waals surface area contributed by atoms with Crippen molar-refractivity contribution in [3.05, 3.63) is 17.3 Å². The maximum absolute atomic E-state index is 13.1. The number of nitrogens with zero attached hydrogens (tertiary/aromatic N) is 2. The molecule has 4 aliphatic rings. The largest absolute Gasteiger partial charge is 0.369 e. The highest BCUT2D eigenvalue weighted by Gasteiger charge is 2.48. The van der Waals surface area contributed by atoms with Gasteiger partial charge in [0.1, 0.15) is 5.82 Å². The van der Waals surface area contributed by atoms with Crippen LogP contribution in [0.5, 0.6) is 0 Å². The normalized spacial score (nSPS) is 31.3. The van der Waals surface area contributed by atoms with E-state index in [2.05, 4.69) is 41.6 Å². The molecule has 4 fully saturated rings. The van der Waals surface area contributed by atoms with Crippen molar-refractivity contribution in [1.82, 2.24) is 15.5 Å². The zero-order chi connectivity index (χ0) is 19.0. The molecule has 5 nitrogen and oxygen atoms in total. The van der Waals surface area contributed by atoms with Crippen molar-refractivity contribution in [3.8, 4) is 0 Å². The van der Waals surface area contributed by atoms with E-state index < -0.39 is 0 Å². The molecule has 0 unspecified atom stereocenters. The second-order valence-electron chi connectivity index (χ2n) is 9.40. The Kier molecular flexibility index (Phi) is 5.38. The van der Waals surface area contributed by atoms with Gasteiger partial charge in [-0.25, -0.2) is 0 Å². The minimum absolute atomic E-state index is 0.0243. The van der Waals surface area contributed by atoms with Gasteiger partial charge in [0.05, 0.1) is 0 Å². The van der Waals surface area contributed by atoms with Gasteiger partial charge >= 0.3 is 0 Å². The molecule has 0 radical (unpaired) electrons. The highest BCUT2D eigenvalue weighted by molar-refractivity contribution is 5.94. The van der Waals surface area contributed by atoms with Gasteiger partial charge in [0.25, 0.3) is 5.91 Å². The third kappa shape index (κ3) is 3.83. The van der Waals surface area contributed by atoms with Crippen molar-refractivity contribution in [2.24, 2.45) is 23.7 Å². The molecule has 2 N–H and O–H groups in total. The molecule has 148 valence electrons. The first-order valence-electron chi connectivity index (χ1n) is 11.0. The van der Waals surface area contributed by atoms with Crippen LogP contribution < -0.4 is 10.6 Å². The number of aromatic nitrogens is 2. The second-order valence-corrected chi connectivity index (χ2v) is 9.40. The quantitative estimate of drug-likeness (QED) is 0.700. The minimum Gasteiger partial charge on any atom is -0.369 e. The fourth-order valence-corrected chi connectivity index (χ4v) is 5.88. The van der Waals surface area contributed by atoms with Gasteiger partial charge in [0, 0.05) is 12.6 Å². The van der Waals surface area contributed by atoms with Crippen LogP contribution in [0, 0.1) is 23.7 Å². The minimum atomic E-state index is -0.0243. The number of rotatable bonds is 7. The number of hydrogen-bond acceptors (Lipinski definition) is 4. The van der Waals surface area contributed by atoms with E-state index in [9.17, 15) is 4.79 Å². The first-order chi connectivity index (χ1) is 13.0. The van der Waals surface area contributed by atoms with E-state index >= 15 is 0 Å². The second kappa shape index (κ2) is 7.76. The summed E-state index contributed by atoms with van der Waals surface area (Å²) in [6.07, 6.45) is 8.91. The van der Waals surface area contributed by atoms with Gasteiger partial charge in [-0.15, -0.1) is 10.2 Å². The van der Waals surface area contributed by atoms with E-state index in [1.807, 2.05) is 6.07 Å². The number of anilines is 1. The monoisotopic (exact) mass is 370 g/mol. The lowest BCUT2D eigenvalue weighted by Crippen LogP contribution is -2.56. The lowest BCUT2D eigenvalue weighted by Gasteiger charge is -2.54. The SMILES string of the molecule is CCCCNc1cc(C(C)C)c(C(=O)NC2C3CC4CC(C3)CC2C4)nn1. The first-order valence-corrected chi connectivity index (χ1v) is 11.0. The van der Waals surface area contributed by atoms with E-state index in [1.54, 1.807) is 0 Å². The summed E-state index contributed by atoms with van der Waals surface area (Å²) in [6, 6.07) is 2.36. The lowest BCUT2D eigenvalue weighted by atomic mass is 9.54. The average Bonchev–Trinajstić information content (AvgIpc) is 2.64. The molecule has 5 rings (SSSR count). The molecule has 1 heterocycles. The Morgan fingerprint density at radius 3 is 2.37 bits per heavy atom. The topological polar surface area (TPSA) is 66.9 Å². The molecule has 1 aromatic rings. The molecular weight excluding hydrogens is 336 g/mol. The van der Waals surface area contributed by atoms with E-state index in [0.29, 0.717) is 23.6 Å². The molecule has 5 heteroatoms. The van der Waals surface area contributed by atoms with Crippen molar-refractivity contribution in [1.29, 1.82) is 0 Å². The van der Waals surface area contributed by atoms with Crippen molar-refractivity contribution >= 4 is 11.7 Å². The van der Waals surface area contributed by atoms with E-state index in [0.717, 1.165) is 42.6 Å². The van der Waals surface area contributed by atoms with Crippen molar-refractivity contribution in [3.63, 3.8) is 0 Å². The Morgan fingerprint density at radius 1 is 1.11 bits per heavy atom. The number of nitrogens with one attached hydrogen (secondary N) is 2. The molecule has 4 aliphatic carbocycles. The lowest BCUT2D eigenvalue weighted by molar-refractivity contribution is -0.0120. The summed E-state index contributed by atoms with van der Waals surface area (Å²) < 4.78 is 0. The number of carbonyl (C=O) groups excluding carboxylic acids is 1. The van der Waals surface area contributed by atoms with Crippen molar-refractivity contribution in [2.75, 3.05) is 11.9 Å². The molecule has 4 bridgehead atoms. The van der Waals surface area contributed by atoms with Crippen molar-refractivity contribution in [2.45, 2.75) is 77.7 Å². The molecule has 27 heavy (non-hydrogen) atoms. The summed E-state index contributed by atoms with van der Waals surface area (Å²) in [7, 11) is 0. The van der Waals surface area contributed by atoms with Gasteiger partial charge in [-0.05, 0) is 79.7 Å². The van der Waals surface area contributed by atoms with Crippen LogP contribution in [-0.2, 0) is 0 Å². The smallest absolute Gasteiger partial charge is 0.272 e. The highest BCUT2D eigenvalue weighted by atomic mass is 16.2. The first kappa shape index (κ1) is 18.7. The molecule has 0 aliphatic heterocycles. The van der Waals surface area contributed by atoms with Gasteiger partial charge in [-0.3, -0.25) is 4.79 Å². The van der Waals surface area contributed by atoms with Crippen LogP contribution in [0.15, 0.2) is 6.07 Å². The summed E-state index contributed by atoms with van der Waals surface area (Å²) in [6.45, 7) is 7.30. The predicted molar refractivity (Wildman–Crippen MR) is 108 cm³/mol. The molecule has 1 amide bonds. The fourth-order valence-electron chi connectivity index (χ4n) is 5.88. The highest BCUT2D eigenvalue weighted by Crippen LogP contribution is 2.53. The Hall–Kier alpha value is -1.65. The molecular formula is C22H34N4O. The summed E-state index contributed by atoms with van der Waals surface area (Å²) in [5.41, 5.74) is 1.50. The molecule has 0 aromatic carbocycles. The number of carbonyl (C=O) groups is 1. The van der Waals surface area contributed by atoms with Crippen LogP contribution in [-0.4, -0.2) is 28.7 Å². The standard InChI is InChI=1S/C22H34N4O/c1-4-5-6-23-19-12-18(13(2)3)21(26-25-19)22(27)24-20-16-8-14-7-15(10-16)11-17(20)9-14/h12-17,20H,4-11H2,1-3H3,(H,23,25)(H,24,27). The zero-order valence-electron chi connectivity index (χ0n) is 17.0. The van der Waals surface area contributed by atoms with Crippen LogP contribution >= 0.6 is 0 Å². The maximum atomic E-state index is 13.1. The van der Waals surface area contributed by atoms with Gasteiger partial charge in [-0.1, -0.05) is 27.2 Å². The van der Waals surface area contributed by atoms with Gasteiger partial charge in [0.2, 0.25) is 0 Å². The molecule has 4 saturated carbocycles. The van der Waals surface area contributed by atoms with E-state index in [1.165, 1.54) is 32.1 Å². The van der Waals surface area contributed by atoms with Crippen molar-refractivity contribution < 1.29 is 4.79 Å². The molecule has 0 spiro atoms. The summed E-state index contributed by atoms with van der Waals surface area (Å²) >= 11 is 0. The number of unbranched alkanes of at least 4 members (excludes halogenated alkanes) is 1. The van der Waals surface area contributed by atoms with E-state index in [-0.39, 0.29) is 11.8 Å². The summed E-state index contributed by atoms with van der Waals surface area (Å²) in [5, 5.41) is 15.3. The Balaban J connectivity index is 1.48. The third-order valence-corrected chi connectivity index (χ3v) is 7.02.